The minimum atomic E-state index is -3.45. The first kappa shape index (κ1) is 16.6. The smallest absolute Gasteiger partial charge is 0.240 e. The third-order valence-electron chi connectivity index (χ3n) is 2.72. The SMILES string of the molecule is CCNS(=O)(=O)c1ccc(NC(=O)C(C)CNC)cc1. The second kappa shape index (κ2) is 7.37. The highest BCUT2D eigenvalue weighted by molar-refractivity contribution is 7.89. The van der Waals surface area contributed by atoms with Crippen molar-refractivity contribution in [3.05, 3.63) is 24.3 Å². The van der Waals surface area contributed by atoms with E-state index in [-0.39, 0.29) is 16.7 Å². The van der Waals surface area contributed by atoms with E-state index in [1.807, 2.05) is 6.92 Å². The molecule has 112 valence electrons. The minimum absolute atomic E-state index is 0.110. The number of hydrogen-bond donors (Lipinski definition) is 3. The summed E-state index contributed by atoms with van der Waals surface area (Å²) in [5.74, 6) is -0.271. The largest absolute Gasteiger partial charge is 0.326 e. The standard InChI is InChI=1S/C13H21N3O3S/c1-4-15-20(18,19)12-7-5-11(6-8-12)16-13(17)10(2)9-14-3/h5-8,10,14-15H,4,9H2,1-3H3,(H,16,17). The Labute approximate surface area is 120 Å². The summed E-state index contributed by atoms with van der Waals surface area (Å²) in [7, 11) is -1.67. The van der Waals surface area contributed by atoms with Crippen LogP contribution in [0.4, 0.5) is 5.69 Å². The van der Waals surface area contributed by atoms with Crippen molar-refractivity contribution in [1.82, 2.24) is 10.0 Å². The van der Waals surface area contributed by atoms with E-state index >= 15 is 0 Å². The van der Waals surface area contributed by atoms with Gasteiger partial charge < -0.3 is 10.6 Å². The van der Waals surface area contributed by atoms with Crippen molar-refractivity contribution in [2.24, 2.45) is 5.92 Å². The van der Waals surface area contributed by atoms with E-state index in [0.29, 0.717) is 18.8 Å². The molecule has 1 aromatic rings. The molecule has 1 rings (SSSR count). The number of amides is 1. The van der Waals surface area contributed by atoms with E-state index in [1.54, 1.807) is 26.1 Å². The molecule has 0 saturated carbocycles. The van der Waals surface area contributed by atoms with Gasteiger partial charge in [0.05, 0.1) is 4.90 Å². The number of rotatable bonds is 7. The number of nitrogens with one attached hydrogen (secondary N) is 3. The van der Waals surface area contributed by atoms with Crippen molar-refractivity contribution in [1.29, 1.82) is 0 Å². The summed E-state index contributed by atoms with van der Waals surface area (Å²) in [6.45, 7) is 4.45. The van der Waals surface area contributed by atoms with E-state index in [9.17, 15) is 13.2 Å². The summed E-state index contributed by atoms with van der Waals surface area (Å²) in [5, 5.41) is 5.67. The second-order valence-corrected chi connectivity index (χ2v) is 6.24. The van der Waals surface area contributed by atoms with Crippen molar-refractivity contribution in [3.63, 3.8) is 0 Å². The van der Waals surface area contributed by atoms with Gasteiger partial charge in [-0.25, -0.2) is 13.1 Å². The van der Waals surface area contributed by atoms with E-state index in [0.717, 1.165) is 0 Å². The van der Waals surface area contributed by atoms with Crippen LogP contribution in [0.25, 0.3) is 0 Å². The number of carbonyl (C=O) groups is 1. The van der Waals surface area contributed by atoms with E-state index < -0.39 is 10.0 Å². The Morgan fingerprint density at radius 2 is 1.85 bits per heavy atom. The molecule has 0 aromatic heterocycles. The van der Waals surface area contributed by atoms with Gasteiger partial charge in [-0.15, -0.1) is 0 Å². The second-order valence-electron chi connectivity index (χ2n) is 4.47. The maximum Gasteiger partial charge on any atom is 0.240 e. The van der Waals surface area contributed by atoms with Crippen LogP contribution >= 0.6 is 0 Å². The van der Waals surface area contributed by atoms with Crippen LogP contribution in [0.2, 0.25) is 0 Å². The lowest BCUT2D eigenvalue weighted by molar-refractivity contribution is -0.119. The van der Waals surface area contributed by atoms with Crippen molar-refractivity contribution in [3.8, 4) is 0 Å². The Morgan fingerprint density at radius 3 is 2.35 bits per heavy atom. The zero-order valence-electron chi connectivity index (χ0n) is 11.9. The molecule has 0 aliphatic rings. The van der Waals surface area contributed by atoms with E-state index in [4.69, 9.17) is 0 Å². The molecule has 0 aliphatic carbocycles. The molecule has 1 amide bonds. The molecule has 0 heterocycles. The lowest BCUT2D eigenvalue weighted by atomic mass is 10.1. The molecule has 0 bridgehead atoms. The third kappa shape index (κ3) is 4.59. The maximum absolute atomic E-state index is 11.8. The molecule has 0 spiro atoms. The normalized spacial score (nSPS) is 12.9. The van der Waals surface area contributed by atoms with Gasteiger partial charge in [0.25, 0.3) is 0 Å². The zero-order valence-corrected chi connectivity index (χ0v) is 12.8. The summed E-state index contributed by atoms with van der Waals surface area (Å²) >= 11 is 0. The first-order valence-electron chi connectivity index (χ1n) is 6.46. The van der Waals surface area contributed by atoms with Gasteiger partial charge in [0.15, 0.2) is 0 Å². The van der Waals surface area contributed by atoms with Crippen molar-refractivity contribution >= 4 is 21.6 Å². The first-order chi connectivity index (χ1) is 9.40. The highest BCUT2D eigenvalue weighted by Gasteiger charge is 2.14. The van der Waals surface area contributed by atoms with Crippen LogP contribution in [0.3, 0.4) is 0 Å². The van der Waals surface area contributed by atoms with Crippen LogP contribution in [0.15, 0.2) is 29.2 Å². The number of hydrogen-bond acceptors (Lipinski definition) is 4. The molecule has 6 nitrogen and oxygen atoms in total. The molecule has 3 N–H and O–H groups in total. The maximum atomic E-state index is 11.8. The molecular weight excluding hydrogens is 278 g/mol. The van der Waals surface area contributed by atoms with Gasteiger partial charge in [-0.1, -0.05) is 13.8 Å². The number of carbonyl (C=O) groups excluding carboxylic acids is 1. The Hall–Kier alpha value is -1.44. The van der Waals surface area contributed by atoms with Gasteiger partial charge >= 0.3 is 0 Å². The van der Waals surface area contributed by atoms with Gasteiger partial charge in [0.2, 0.25) is 15.9 Å². The Kier molecular flexibility index (Phi) is 6.12. The van der Waals surface area contributed by atoms with E-state index in [1.165, 1.54) is 12.1 Å². The van der Waals surface area contributed by atoms with Crippen molar-refractivity contribution in [2.75, 3.05) is 25.5 Å². The topological polar surface area (TPSA) is 87.3 Å². The molecule has 0 fully saturated rings. The molecule has 1 aromatic carbocycles. The average Bonchev–Trinajstić information content (AvgIpc) is 2.39. The van der Waals surface area contributed by atoms with Gasteiger partial charge in [-0.2, -0.15) is 0 Å². The Morgan fingerprint density at radius 1 is 1.25 bits per heavy atom. The quantitative estimate of drug-likeness (QED) is 0.694. The van der Waals surface area contributed by atoms with Gasteiger partial charge in [-0.3, -0.25) is 4.79 Å². The number of sulfonamides is 1. The zero-order chi connectivity index (χ0) is 15.2. The van der Waals surface area contributed by atoms with Crippen LogP contribution < -0.4 is 15.4 Å². The molecule has 0 aliphatic heterocycles. The predicted molar refractivity (Wildman–Crippen MR) is 79.0 cm³/mol. The van der Waals surface area contributed by atoms with Crippen molar-refractivity contribution < 1.29 is 13.2 Å². The van der Waals surface area contributed by atoms with Gasteiger partial charge in [-0.05, 0) is 31.3 Å². The van der Waals surface area contributed by atoms with Crippen molar-refractivity contribution in [2.45, 2.75) is 18.7 Å². The lowest BCUT2D eigenvalue weighted by Gasteiger charge is -2.12. The first-order valence-corrected chi connectivity index (χ1v) is 7.94. The minimum Gasteiger partial charge on any atom is -0.326 e. The molecule has 1 unspecified atom stereocenters. The summed E-state index contributed by atoms with van der Waals surface area (Å²) in [6, 6.07) is 6.09. The summed E-state index contributed by atoms with van der Waals surface area (Å²) in [5.41, 5.74) is 0.577. The predicted octanol–water partition coefficient (Wildman–Crippen LogP) is 0.779. The Balaban J connectivity index is 2.75. The monoisotopic (exact) mass is 299 g/mol. The average molecular weight is 299 g/mol. The fraction of sp³-hybridized carbons (Fsp3) is 0.462. The fourth-order valence-corrected chi connectivity index (χ4v) is 2.70. The summed E-state index contributed by atoms with van der Waals surface area (Å²) in [6.07, 6.45) is 0. The van der Waals surface area contributed by atoms with E-state index in [2.05, 4.69) is 15.4 Å². The van der Waals surface area contributed by atoms with Crippen LogP contribution in [0, 0.1) is 5.92 Å². The lowest BCUT2D eigenvalue weighted by Crippen LogP contribution is -2.28. The Bertz CT molecular complexity index is 540. The van der Waals surface area contributed by atoms with Gasteiger partial charge in [0.1, 0.15) is 0 Å². The molecular formula is C13H21N3O3S. The van der Waals surface area contributed by atoms with Gasteiger partial charge in [0, 0.05) is 24.7 Å². The van der Waals surface area contributed by atoms with Crippen LogP contribution in [-0.2, 0) is 14.8 Å². The molecule has 0 radical (unpaired) electrons. The molecule has 7 heteroatoms. The summed E-state index contributed by atoms with van der Waals surface area (Å²) < 4.78 is 25.9. The van der Waals surface area contributed by atoms with Crippen LogP contribution in [0.5, 0.6) is 0 Å². The highest BCUT2D eigenvalue weighted by Crippen LogP contribution is 2.14. The summed E-state index contributed by atoms with van der Waals surface area (Å²) in [4.78, 5) is 12.0. The molecule has 0 saturated heterocycles. The number of benzene rings is 1. The van der Waals surface area contributed by atoms with Crippen LogP contribution in [0.1, 0.15) is 13.8 Å². The highest BCUT2D eigenvalue weighted by atomic mass is 32.2. The fourth-order valence-electron chi connectivity index (χ4n) is 1.66. The molecule has 20 heavy (non-hydrogen) atoms. The third-order valence-corrected chi connectivity index (χ3v) is 4.29. The van der Waals surface area contributed by atoms with Crippen LogP contribution in [-0.4, -0.2) is 34.5 Å². The number of anilines is 1. The molecule has 1 atom stereocenters.